The summed E-state index contributed by atoms with van der Waals surface area (Å²) in [4.78, 5) is 27.6. The van der Waals surface area contributed by atoms with E-state index in [1.807, 2.05) is 12.1 Å². The number of nitriles is 1. The average molecular weight is 523 g/mol. The second-order valence-corrected chi connectivity index (χ2v) is 9.33. The number of hydrogen-bond acceptors (Lipinski definition) is 11. The van der Waals surface area contributed by atoms with Gasteiger partial charge >= 0.3 is 0 Å². The van der Waals surface area contributed by atoms with E-state index < -0.39 is 11.7 Å². The molecule has 10 nitrogen and oxygen atoms in total. The van der Waals surface area contributed by atoms with Crippen LogP contribution in [0, 0.1) is 17.3 Å². The minimum Gasteiger partial charge on any atom is -0.484 e. The van der Waals surface area contributed by atoms with Crippen molar-refractivity contribution < 1.29 is 23.4 Å². The first-order chi connectivity index (χ1) is 18.1. The lowest BCUT2D eigenvalue weighted by molar-refractivity contribution is 0.0200. The van der Waals surface area contributed by atoms with Crippen LogP contribution in [0.25, 0.3) is 0 Å². The summed E-state index contributed by atoms with van der Waals surface area (Å²) >= 11 is 1.25. The number of rotatable bonds is 9. The summed E-state index contributed by atoms with van der Waals surface area (Å²) in [7, 11) is 0. The molecule has 1 fully saturated rings. The monoisotopic (exact) mass is 522 g/mol. The van der Waals surface area contributed by atoms with Crippen LogP contribution in [0.3, 0.4) is 0 Å². The largest absolute Gasteiger partial charge is 0.484 e. The Kier molecular flexibility index (Phi) is 7.65. The van der Waals surface area contributed by atoms with E-state index in [-0.39, 0.29) is 30.6 Å². The number of carbonyl (C=O) groups excluding carboxylic acids is 1. The second-order valence-electron chi connectivity index (χ2n) is 8.30. The molecule has 2 aliphatic heterocycles. The van der Waals surface area contributed by atoms with Gasteiger partial charge in [0.2, 0.25) is 11.7 Å². The minimum atomic E-state index is -0.825. The van der Waals surface area contributed by atoms with Gasteiger partial charge in [-0.1, -0.05) is 11.3 Å². The van der Waals surface area contributed by atoms with Gasteiger partial charge in [0.15, 0.2) is 10.9 Å². The summed E-state index contributed by atoms with van der Waals surface area (Å²) in [6.45, 7) is 3.25. The number of nitrogens with one attached hydrogen (secondary N) is 1. The number of ether oxygens (including phenoxy) is 3. The van der Waals surface area contributed by atoms with Crippen LogP contribution in [0.4, 0.5) is 21.0 Å². The molecule has 1 N–H and O–H groups in total. The third kappa shape index (κ3) is 6.08. The third-order valence-electron chi connectivity index (χ3n) is 5.73. The molecular formula is C25H23FN6O4S. The predicted molar refractivity (Wildman–Crippen MR) is 133 cm³/mol. The van der Waals surface area contributed by atoms with Crippen molar-refractivity contribution in [3.8, 4) is 6.07 Å². The summed E-state index contributed by atoms with van der Waals surface area (Å²) in [6.07, 6.45) is 4.56. The van der Waals surface area contributed by atoms with Gasteiger partial charge in [-0.15, -0.1) is 0 Å². The normalized spacial score (nSPS) is 17.1. The number of carbonyl (C=O) groups is 1. The van der Waals surface area contributed by atoms with Gasteiger partial charge in [-0.05, 0) is 24.3 Å². The highest BCUT2D eigenvalue weighted by Crippen LogP contribution is 2.27. The molecule has 12 heteroatoms. The number of anilines is 3. The molecule has 5 rings (SSSR count). The summed E-state index contributed by atoms with van der Waals surface area (Å²) in [5, 5.41) is 12.8. The van der Waals surface area contributed by atoms with Crippen molar-refractivity contribution in [2.45, 2.75) is 19.1 Å². The molecule has 5 heterocycles. The topological polar surface area (TPSA) is 122 Å². The van der Waals surface area contributed by atoms with Gasteiger partial charge in [0.25, 0.3) is 0 Å². The van der Waals surface area contributed by atoms with E-state index >= 15 is 0 Å². The van der Waals surface area contributed by atoms with Crippen LogP contribution in [-0.4, -0.2) is 59.7 Å². The van der Waals surface area contributed by atoms with E-state index in [4.69, 9.17) is 19.5 Å². The molecule has 37 heavy (non-hydrogen) atoms. The van der Waals surface area contributed by atoms with Crippen molar-refractivity contribution in [1.82, 2.24) is 15.0 Å². The van der Waals surface area contributed by atoms with Gasteiger partial charge in [-0.25, -0.2) is 15.0 Å². The number of allylic oxidation sites excluding steroid dienone is 1. The zero-order chi connectivity index (χ0) is 25.6. The van der Waals surface area contributed by atoms with E-state index in [9.17, 15) is 9.18 Å². The molecule has 0 bridgehead atoms. The first-order valence-electron chi connectivity index (χ1n) is 11.7. The maximum Gasteiger partial charge on any atom is 0.231 e. The summed E-state index contributed by atoms with van der Waals surface area (Å²) < 4.78 is 30.9. The van der Waals surface area contributed by atoms with Gasteiger partial charge in [-0.3, -0.25) is 4.79 Å². The minimum absolute atomic E-state index is 0.0969. The molecule has 0 saturated carbocycles. The lowest BCUT2D eigenvalue weighted by Gasteiger charge is -2.29. The van der Waals surface area contributed by atoms with Crippen molar-refractivity contribution >= 4 is 33.8 Å². The molecule has 3 aromatic rings. The molecule has 0 amide bonds. The fourth-order valence-electron chi connectivity index (χ4n) is 3.95. The molecule has 1 saturated heterocycles. The number of Topliss-reactive ketones (excluding diaryl/α,β-unsaturated/α-hetero) is 1. The van der Waals surface area contributed by atoms with Gasteiger partial charge in [0.05, 0.1) is 43.9 Å². The SMILES string of the molecule is N#Cc1cnc(Nc2cc(N3CCOCC3)cc(COCC3CC=C(C(=O)c4cccnc4F)O3)n2)s1. The van der Waals surface area contributed by atoms with Crippen LogP contribution in [0.5, 0.6) is 0 Å². The Morgan fingerprint density at radius 1 is 1.32 bits per heavy atom. The second kappa shape index (κ2) is 11.4. The zero-order valence-electron chi connectivity index (χ0n) is 19.7. The first kappa shape index (κ1) is 24.8. The lowest BCUT2D eigenvalue weighted by atomic mass is 10.1. The van der Waals surface area contributed by atoms with Crippen LogP contribution in [0.1, 0.15) is 27.3 Å². The molecule has 0 aliphatic carbocycles. The molecule has 0 radical (unpaired) electrons. The maximum atomic E-state index is 13.9. The van der Waals surface area contributed by atoms with Crippen molar-refractivity contribution in [1.29, 1.82) is 5.26 Å². The van der Waals surface area contributed by atoms with Gasteiger partial charge in [-0.2, -0.15) is 9.65 Å². The maximum absolute atomic E-state index is 13.9. The van der Waals surface area contributed by atoms with Crippen LogP contribution in [-0.2, 0) is 20.8 Å². The van der Waals surface area contributed by atoms with E-state index in [2.05, 4.69) is 31.2 Å². The Morgan fingerprint density at radius 3 is 2.97 bits per heavy atom. The molecule has 1 atom stereocenters. The fraction of sp³-hybridized carbons (Fsp3) is 0.320. The third-order valence-corrected chi connectivity index (χ3v) is 6.55. The van der Waals surface area contributed by atoms with Crippen molar-refractivity contribution in [3.05, 3.63) is 70.6 Å². The van der Waals surface area contributed by atoms with Crippen LogP contribution in [0.15, 0.2) is 48.5 Å². The summed E-state index contributed by atoms with van der Waals surface area (Å²) in [5.74, 6) is -0.675. The van der Waals surface area contributed by atoms with Crippen LogP contribution < -0.4 is 10.2 Å². The number of pyridine rings is 2. The standard InChI is InChI=1S/C25H23FN6O4S/c26-24-20(2-1-5-28-24)23(33)21-4-3-18(36-21)15-35-14-16-10-17(32-6-8-34-9-7-32)11-22(30-16)31-25-29-13-19(12-27)37-25/h1-2,4-5,10-11,13,18H,3,6-9,14-15H2,(H,29,30,31). The van der Waals surface area contributed by atoms with Crippen molar-refractivity contribution in [2.24, 2.45) is 0 Å². The Bertz CT molecular complexity index is 1350. The summed E-state index contributed by atoms with van der Waals surface area (Å²) in [6, 6.07) is 8.86. The molecular weight excluding hydrogens is 499 g/mol. The molecule has 190 valence electrons. The average Bonchev–Trinajstić information content (AvgIpc) is 3.59. The Balaban J connectivity index is 1.21. The smallest absolute Gasteiger partial charge is 0.231 e. The highest BCUT2D eigenvalue weighted by Gasteiger charge is 2.26. The number of aromatic nitrogens is 3. The van der Waals surface area contributed by atoms with E-state index in [0.29, 0.717) is 41.2 Å². The van der Waals surface area contributed by atoms with Crippen LogP contribution >= 0.6 is 11.3 Å². The number of hydrogen-bond donors (Lipinski definition) is 1. The Hall–Kier alpha value is -3.92. The molecule has 0 aromatic carbocycles. The highest BCUT2D eigenvalue weighted by atomic mass is 32.1. The Morgan fingerprint density at radius 2 is 2.19 bits per heavy atom. The number of halogens is 1. The van der Waals surface area contributed by atoms with Crippen molar-refractivity contribution in [3.63, 3.8) is 0 Å². The zero-order valence-corrected chi connectivity index (χ0v) is 20.5. The fourth-order valence-corrected chi connectivity index (χ4v) is 4.57. The predicted octanol–water partition coefficient (Wildman–Crippen LogP) is 3.60. The van der Waals surface area contributed by atoms with Gasteiger partial charge in [0.1, 0.15) is 22.9 Å². The lowest BCUT2D eigenvalue weighted by Crippen LogP contribution is -2.36. The molecule has 2 aliphatic rings. The van der Waals surface area contributed by atoms with E-state index in [1.165, 1.54) is 35.9 Å². The molecule has 1 unspecified atom stereocenters. The van der Waals surface area contributed by atoms with E-state index in [0.717, 1.165) is 18.8 Å². The quantitative estimate of drug-likeness (QED) is 0.329. The number of thiazole rings is 1. The van der Waals surface area contributed by atoms with Crippen LogP contribution in [0.2, 0.25) is 0 Å². The van der Waals surface area contributed by atoms with Crippen molar-refractivity contribution in [2.75, 3.05) is 43.1 Å². The first-order valence-corrected chi connectivity index (χ1v) is 12.5. The van der Waals surface area contributed by atoms with Gasteiger partial charge in [0, 0.05) is 37.5 Å². The molecule has 0 spiro atoms. The van der Waals surface area contributed by atoms with E-state index in [1.54, 1.807) is 6.08 Å². The molecule has 3 aromatic heterocycles. The number of ketones is 1. The summed E-state index contributed by atoms with van der Waals surface area (Å²) in [5.41, 5.74) is 1.55. The highest BCUT2D eigenvalue weighted by molar-refractivity contribution is 7.16. The Labute approximate surface area is 216 Å². The number of morpholine rings is 1. The van der Waals surface area contributed by atoms with Gasteiger partial charge < -0.3 is 24.4 Å². The number of nitrogens with zero attached hydrogens (tertiary/aromatic N) is 5.